The molecule has 2 N–H and O–H groups in total. The summed E-state index contributed by atoms with van der Waals surface area (Å²) >= 11 is 0.760. The van der Waals surface area contributed by atoms with Crippen LogP contribution in [0.1, 0.15) is 21.6 Å². The summed E-state index contributed by atoms with van der Waals surface area (Å²) < 4.78 is 0. The molecule has 1 aromatic heterocycles. The summed E-state index contributed by atoms with van der Waals surface area (Å²) in [6.07, 6.45) is -3.11. The van der Waals surface area contributed by atoms with Gasteiger partial charge in [-0.25, -0.2) is 4.98 Å². The Morgan fingerprint density at radius 2 is 2.36 bits per heavy atom. The Kier molecular flexibility index (Phi) is 3.14. The lowest BCUT2D eigenvalue weighted by Crippen LogP contribution is -2.22. The smallest absolute Gasteiger partial charge is 0.171 e. The monoisotopic (exact) mass is 213 g/mol. The predicted octanol–water partition coefficient (Wildman–Crippen LogP) is -1.58. The molecule has 0 aliphatic carbocycles. The van der Waals surface area contributed by atoms with Crippen molar-refractivity contribution in [2.24, 2.45) is 0 Å². The highest BCUT2D eigenvalue weighted by atomic mass is 32.1. The number of rotatable bonds is 3. The van der Waals surface area contributed by atoms with Crippen molar-refractivity contribution in [1.29, 1.82) is 5.26 Å². The van der Waals surface area contributed by atoms with Crippen molar-refractivity contribution < 1.29 is 20.1 Å². The number of carboxylic acid groups (broad SMARTS) is 1. The zero-order valence-electron chi connectivity index (χ0n) is 6.75. The van der Waals surface area contributed by atoms with Crippen LogP contribution in [-0.4, -0.2) is 27.3 Å². The zero-order chi connectivity index (χ0) is 10.7. The largest absolute Gasteiger partial charge is 0.542 e. The molecule has 2 unspecified atom stereocenters. The van der Waals surface area contributed by atoms with Gasteiger partial charge in [0.15, 0.2) is 6.10 Å². The molecule has 0 aliphatic heterocycles. The standard InChI is InChI=1S/C7H6N2O4S/c8-1-4(10)5(11)3-2-14-6(9-3)7(12)13/h2,4-5,10-11H,(H,12,13)/p-1. The van der Waals surface area contributed by atoms with E-state index in [0.29, 0.717) is 0 Å². The van der Waals surface area contributed by atoms with Crippen LogP contribution in [0, 0.1) is 11.3 Å². The van der Waals surface area contributed by atoms with Gasteiger partial charge in [-0.1, -0.05) is 0 Å². The molecule has 0 radical (unpaired) electrons. The van der Waals surface area contributed by atoms with Crippen LogP contribution in [0.5, 0.6) is 0 Å². The molecule has 0 saturated heterocycles. The predicted molar refractivity (Wildman–Crippen MR) is 43.0 cm³/mol. The molecule has 0 amide bonds. The van der Waals surface area contributed by atoms with Crippen LogP contribution < -0.4 is 5.11 Å². The molecule has 6 nitrogen and oxygen atoms in total. The van der Waals surface area contributed by atoms with Crippen LogP contribution >= 0.6 is 11.3 Å². The maximum Gasteiger partial charge on any atom is 0.171 e. The zero-order valence-corrected chi connectivity index (χ0v) is 7.56. The lowest BCUT2D eigenvalue weighted by atomic mass is 10.2. The Morgan fingerprint density at radius 1 is 1.71 bits per heavy atom. The van der Waals surface area contributed by atoms with Crippen LogP contribution in [0.2, 0.25) is 0 Å². The van der Waals surface area contributed by atoms with Gasteiger partial charge in [0.1, 0.15) is 17.1 Å². The third-order valence-electron chi connectivity index (χ3n) is 1.43. The lowest BCUT2D eigenvalue weighted by molar-refractivity contribution is -0.255. The quantitative estimate of drug-likeness (QED) is 0.585. The molecule has 0 bridgehead atoms. The molecule has 14 heavy (non-hydrogen) atoms. The summed E-state index contributed by atoms with van der Waals surface area (Å²) in [6, 6.07) is 1.41. The second kappa shape index (κ2) is 4.15. The Labute approximate surface area is 82.7 Å². The number of carbonyl (C=O) groups is 1. The van der Waals surface area contributed by atoms with Gasteiger partial charge in [-0.05, 0) is 0 Å². The molecule has 1 aromatic rings. The molecule has 0 saturated carbocycles. The van der Waals surface area contributed by atoms with Gasteiger partial charge in [0.2, 0.25) is 0 Å². The number of thiazole rings is 1. The number of aliphatic hydroxyl groups is 2. The van der Waals surface area contributed by atoms with E-state index in [-0.39, 0.29) is 10.7 Å². The highest BCUT2D eigenvalue weighted by Crippen LogP contribution is 2.18. The number of hydrogen-bond donors (Lipinski definition) is 2. The molecule has 7 heteroatoms. The van der Waals surface area contributed by atoms with Crippen molar-refractivity contribution in [3.63, 3.8) is 0 Å². The van der Waals surface area contributed by atoms with Crippen LogP contribution in [-0.2, 0) is 0 Å². The third-order valence-corrected chi connectivity index (χ3v) is 2.27. The van der Waals surface area contributed by atoms with E-state index in [4.69, 9.17) is 10.4 Å². The number of carbonyl (C=O) groups excluding carboxylic acids is 1. The molecule has 0 spiro atoms. The van der Waals surface area contributed by atoms with Crippen molar-refractivity contribution in [3.05, 3.63) is 16.1 Å². The maximum absolute atomic E-state index is 10.3. The minimum Gasteiger partial charge on any atom is -0.542 e. The van der Waals surface area contributed by atoms with Crippen LogP contribution in [0.3, 0.4) is 0 Å². The van der Waals surface area contributed by atoms with Gasteiger partial charge < -0.3 is 20.1 Å². The first-order valence-corrected chi connectivity index (χ1v) is 4.36. The average molecular weight is 213 g/mol. The Balaban J connectivity index is 2.87. The van der Waals surface area contributed by atoms with E-state index in [1.807, 2.05) is 0 Å². The van der Waals surface area contributed by atoms with E-state index < -0.39 is 18.2 Å². The molecule has 0 aliphatic rings. The van der Waals surface area contributed by atoms with E-state index in [0.717, 1.165) is 11.3 Å². The molecular formula is C7H5N2O4S-. The minimum atomic E-state index is -1.62. The second-order valence-electron chi connectivity index (χ2n) is 2.38. The molecular weight excluding hydrogens is 208 g/mol. The SMILES string of the molecule is N#CC(O)C(O)c1csc(C(=O)[O-])n1. The molecule has 1 rings (SSSR count). The Bertz CT molecular complexity index is 383. The van der Waals surface area contributed by atoms with E-state index in [1.165, 1.54) is 11.4 Å². The Morgan fingerprint density at radius 3 is 2.79 bits per heavy atom. The summed E-state index contributed by atoms with van der Waals surface area (Å²) in [5.74, 6) is -1.46. The number of carboxylic acids is 1. The molecule has 0 aromatic carbocycles. The number of hydrogen-bond acceptors (Lipinski definition) is 7. The first-order valence-electron chi connectivity index (χ1n) is 3.48. The van der Waals surface area contributed by atoms with Gasteiger partial charge in [-0.3, -0.25) is 0 Å². The normalized spacial score (nSPS) is 14.4. The highest BCUT2D eigenvalue weighted by molar-refractivity contribution is 7.11. The molecule has 74 valence electrons. The molecule has 2 atom stereocenters. The summed E-state index contributed by atoms with van der Waals surface area (Å²) in [4.78, 5) is 13.8. The fraction of sp³-hybridized carbons (Fsp3) is 0.286. The van der Waals surface area contributed by atoms with Gasteiger partial charge in [-0.2, -0.15) is 5.26 Å². The van der Waals surface area contributed by atoms with Crippen LogP contribution in [0.15, 0.2) is 5.38 Å². The number of nitriles is 1. The number of aliphatic hydroxyl groups excluding tert-OH is 2. The summed E-state index contributed by atoms with van der Waals surface area (Å²) in [6.45, 7) is 0. The average Bonchev–Trinajstić information content (AvgIpc) is 2.64. The van der Waals surface area contributed by atoms with Crippen molar-refractivity contribution in [1.82, 2.24) is 4.98 Å². The second-order valence-corrected chi connectivity index (χ2v) is 3.24. The molecule has 0 fully saturated rings. The number of aromatic carboxylic acids is 1. The fourth-order valence-corrected chi connectivity index (χ4v) is 1.43. The highest BCUT2D eigenvalue weighted by Gasteiger charge is 2.20. The van der Waals surface area contributed by atoms with E-state index in [1.54, 1.807) is 0 Å². The third kappa shape index (κ3) is 2.05. The topological polar surface area (TPSA) is 117 Å². The maximum atomic E-state index is 10.3. The van der Waals surface area contributed by atoms with Crippen molar-refractivity contribution >= 4 is 17.3 Å². The van der Waals surface area contributed by atoms with Crippen molar-refractivity contribution in [3.8, 4) is 6.07 Å². The van der Waals surface area contributed by atoms with Gasteiger partial charge in [0, 0.05) is 5.38 Å². The molecule has 1 heterocycles. The van der Waals surface area contributed by atoms with Crippen LogP contribution in [0.4, 0.5) is 0 Å². The number of aromatic nitrogens is 1. The summed E-state index contributed by atoms with van der Waals surface area (Å²) in [7, 11) is 0. The minimum absolute atomic E-state index is 0.0525. The van der Waals surface area contributed by atoms with E-state index in [2.05, 4.69) is 4.98 Å². The van der Waals surface area contributed by atoms with Crippen molar-refractivity contribution in [2.45, 2.75) is 12.2 Å². The van der Waals surface area contributed by atoms with Gasteiger partial charge in [-0.15, -0.1) is 11.3 Å². The first-order chi connectivity index (χ1) is 6.56. The fourth-order valence-electron chi connectivity index (χ4n) is 0.748. The van der Waals surface area contributed by atoms with E-state index in [9.17, 15) is 15.0 Å². The van der Waals surface area contributed by atoms with Gasteiger partial charge in [0.05, 0.1) is 11.8 Å². The Hall–Kier alpha value is -1.49. The lowest BCUT2D eigenvalue weighted by Gasteiger charge is -2.07. The first kappa shape index (κ1) is 10.6. The summed E-state index contributed by atoms with van der Waals surface area (Å²) in [5, 5.41) is 37.7. The van der Waals surface area contributed by atoms with Gasteiger partial charge >= 0.3 is 0 Å². The summed E-state index contributed by atoms with van der Waals surface area (Å²) in [5.41, 5.74) is -0.0525. The van der Waals surface area contributed by atoms with E-state index >= 15 is 0 Å². The number of nitrogens with zero attached hydrogens (tertiary/aromatic N) is 2. The van der Waals surface area contributed by atoms with Crippen LogP contribution in [0.25, 0.3) is 0 Å². The van der Waals surface area contributed by atoms with Crippen molar-refractivity contribution in [2.75, 3.05) is 0 Å². The van der Waals surface area contributed by atoms with Gasteiger partial charge in [0.25, 0.3) is 0 Å².